The fourth-order valence-corrected chi connectivity index (χ4v) is 3.51. The summed E-state index contributed by atoms with van der Waals surface area (Å²) >= 11 is 0. The standard InChI is InChI=1S/C21H24N4O3/c1-25-10-8-15(9-11-25)22-16-4-2-3-5-17(16)24-21(27)14-6-7-19-18(12-14)23-20(26)13-28-19/h2-7,12,15,22H,8-11,13H2,1H3,(H,23,26)(H,24,27). The summed E-state index contributed by atoms with van der Waals surface area (Å²) < 4.78 is 5.34. The van der Waals surface area contributed by atoms with E-state index in [1.807, 2.05) is 24.3 Å². The first-order valence-electron chi connectivity index (χ1n) is 9.50. The van der Waals surface area contributed by atoms with Gasteiger partial charge < -0.3 is 25.6 Å². The van der Waals surface area contributed by atoms with Crippen LogP contribution in [-0.2, 0) is 4.79 Å². The van der Waals surface area contributed by atoms with Gasteiger partial charge in [-0.25, -0.2) is 0 Å². The maximum absolute atomic E-state index is 12.8. The molecule has 0 aliphatic carbocycles. The summed E-state index contributed by atoms with van der Waals surface area (Å²) in [6, 6.07) is 13.1. The quantitative estimate of drug-likeness (QED) is 0.760. The van der Waals surface area contributed by atoms with Crippen LogP contribution in [0.3, 0.4) is 0 Å². The zero-order chi connectivity index (χ0) is 19.5. The summed E-state index contributed by atoms with van der Waals surface area (Å²) in [7, 11) is 2.14. The average Bonchev–Trinajstić information content (AvgIpc) is 2.70. The molecule has 1 saturated heterocycles. The Bertz CT molecular complexity index is 891. The number of ether oxygens (including phenoxy) is 1. The van der Waals surface area contributed by atoms with E-state index in [1.165, 1.54) is 0 Å². The van der Waals surface area contributed by atoms with Gasteiger partial charge in [-0.3, -0.25) is 9.59 Å². The molecular formula is C21H24N4O3. The molecule has 3 N–H and O–H groups in total. The van der Waals surface area contributed by atoms with Crippen molar-refractivity contribution in [3.05, 3.63) is 48.0 Å². The van der Waals surface area contributed by atoms with Crippen LogP contribution in [0.15, 0.2) is 42.5 Å². The number of carbonyl (C=O) groups excluding carboxylic acids is 2. The Morgan fingerprint density at radius 2 is 1.89 bits per heavy atom. The van der Waals surface area contributed by atoms with E-state index in [-0.39, 0.29) is 18.4 Å². The number of benzene rings is 2. The number of carbonyl (C=O) groups is 2. The number of hydrogen-bond acceptors (Lipinski definition) is 5. The maximum atomic E-state index is 12.8. The van der Waals surface area contributed by atoms with Crippen molar-refractivity contribution in [1.82, 2.24) is 4.90 Å². The molecule has 0 bridgehead atoms. The highest BCUT2D eigenvalue weighted by atomic mass is 16.5. The van der Waals surface area contributed by atoms with Crippen LogP contribution in [0.2, 0.25) is 0 Å². The van der Waals surface area contributed by atoms with Gasteiger partial charge in [-0.2, -0.15) is 0 Å². The molecule has 1 fully saturated rings. The zero-order valence-corrected chi connectivity index (χ0v) is 15.8. The van der Waals surface area contributed by atoms with Crippen LogP contribution in [-0.4, -0.2) is 49.5 Å². The topological polar surface area (TPSA) is 82.7 Å². The molecule has 2 aromatic carbocycles. The van der Waals surface area contributed by atoms with E-state index in [0.717, 1.165) is 37.3 Å². The van der Waals surface area contributed by atoms with E-state index in [4.69, 9.17) is 4.74 Å². The van der Waals surface area contributed by atoms with E-state index < -0.39 is 0 Å². The van der Waals surface area contributed by atoms with Gasteiger partial charge in [-0.15, -0.1) is 0 Å². The summed E-state index contributed by atoms with van der Waals surface area (Å²) in [6.45, 7) is 2.12. The number of amides is 2. The number of hydrogen-bond donors (Lipinski definition) is 3. The molecular weight excluding hydrogens is 356 g/mol. The monoisotopic (exact) mass is 380 g/mol. The summed E-state index contributed by atoms with van der Waals surface area (Å²) in [5.41, 5.74) is 2.63. The molecule has 2 aliphatic rings. The van der Waals surface area contributed by atoms with Crippen molar-refractivity contribution in [2.45, 2.75) is 18.9 Å². The van der Waals surface area contributed by atoms with Gasteiger partial charge in [0.05, 0.1) is 17.1 Å². The molecule has 2 aromatic rings. The largest absolute Gasteiger partial charge is 0.482 e. The second kappa shape index (κ2) is 7.90. The van der Waals surface area contributed by atoms with Crippen LogP contribution in [0.25, 0.3) is 0 Å². The molecule has 0 radical (unpaired) electrons. The molecule has 0 unspecified atom stereocenters. The zero-order valence-electron chi connectivity index (χ0n) is 15.8. The minimum absolute atomic E-state index is 0.00541. The van der Waals surface area contributed by atoms with E-state index in [1.54, 1.807) is 18.2 Å². The number of fused-ring (bicyclic) bond motifs is 1. The number of likely N-dealkylation sites (tertiary alicyclic amines) is 1. The molecule has 28 heavy (non-hydrogen) atoms. The fraction of sp³-hybridized carbons (Fsp3) is 0.333. The van der Waals surface area contributed by atoms with Crippen LogP contribution in [0.1, 0.15) is 23.2 Å². The molecule has 7 nitrogen and oxygen atoms in total. The third-order valence-corrected chi connectivity index (χ3v) is 5.13. The molecule has 2 aliphatic heterocycles. The second-order valence-corrected chi connectivity index (χ2v) is 7.27. The summed E-state index contributed by atoms with van der Waals surface area (Å²) in [5, 5.41) is 9.27. The van der Waals surface area contributed by atoms with E-state index in [9.17, 15) is 9.59 Å². The Morgan fingerprint density at radius 1 is 1.14 bits per heavy atom. The SMILES string of the molecule is CN1CCC(Nc2ccccc2NC(=O)c2ccc3c(c2)NC(=O)CO3)CC1. The highest BCUT2D eigenvalue weighted by molar-refractivity contribution is 6.07. The number of rotatable bonds is 4. The van der Waals surface area contributed by atoms with Gasteiger partial charge in [-0.1, -0.05) is 12.1 Å². The van der Waals surface area contributed by atoms with Crippen molar-refractivity contribution >= 4 is 28.9 Å². The van der Waals surface area contributed by atoms with Crippen LogP contribution in [0, 0.1) is 0 Å². The lowest BCUT2D eigenvalue weighted by Crippen LogP contribution is -2.36. The molecule has 0 saturated carbocycles. The van der Waals surface area contributed by atoms with Gasteiger partial charge in [-0.05, 0) is 63.3 Å². The van der Waals surface area contributed by atoms with E-state index >= 15 is 0 Å². The Balaban J connectivity index is 1.48. The van der Waals surface area contributed by atoms with Crippen LogP contribution >= 0.6 is 0 Å². The van der Waals surface area contributed by atoms with Gasteiger partial charge in [0, 0.05) is 11.6 Å². The summed E-state index contributed by atoms with van der Waals surface area (Å²) in [4.78, 5) is 26.6. The summed E-state index contributed by atoms with van der Waals surface area (Å²) in [6.07, 6.45) is 2.15. The Kier molecular flexibility index (Phi) is 5.16. The molecule has 0 atom stereocenters. The smallest absolute Gasteiger partial charge is 0.262 e. The van der Waals surface area contributed by atoms with Crippen LogP contribution in [0.5, 0.6) is 5.75 Å². The van der Waals surface area contributed by atoms with Crippen molar-refractivity contribution in [3.8, 4) is 5.75 Å². The normalized spacial score (nSPS) is 17.2. The lowest BCUT2D eigenvalue weighted by molar-refractivity contribution is -0.118. The minimum atomic E-state index is -0.236. The van der Waals surface area contributed by atoms with Crippen molar-refractivity contribution in [2.75, 3.05) is 42.7 Å². The molecule has 4 rings (SSSR count). The van der Waals surface area contributed by atoms with Crippen LogP contribution in [0.4, 0.5) is 17.1 Å². The third kappa shape index (κ3) is 4.09. The molecule has 2 heterocycles. The average molecular weight is 380 g/mol. The predicted octanol–water partition coefficient (Wildman–Crippen LogP) is 2.78. The molecule has 2 amide bonds. The van der Waals surface area contributed by atoms with Gasteiger partial charge in [0.2, 0.25) is 0 Å². The Labute approximate surface area is 164 Å². The van der Waals surface area contributed by atoms with E-state index in [0.29, 0.717) is 23.0 Å². The first kappa shape index (κ1) is 18.3. The predicted molar refractivity (Wildman–Crippen MR) is 109 cm³/mol. The summed E-state index contributed by atoms with van der Waals surface area (Å²) in [5.74, 6) is 0.110. The lowest BCUT2D eigenvalue weighted by atomic mass is 10.0. The number of nitrogens with one attached hydrogen (secondary N) is 3. The number of piperidine rings is 1. The van der Waals surface area contributed by atoms with Crippen molar-refractivity contribution in [3.63, 3.8) is 0 Å². The maximum Gasteiger partial charge on any atom is 0.262 e. The van der Waals surface area contributed by atoms with Gasteiger partial charge >= 0.3 is 0 Å². The molecule has 7 heteroatoms. The van der Waals surface area contributed by atoms with Gasteiger partial charge in [0.15, 0.2) is 6.61 Å². The van der Waals surface area contributed by atoms with Crippen molar-refractivity contribution in [2.24, 2.45) is 0 Å². The third-order valence-electron chi connectivity index (χ3n) is 5.13. The number of para-hydroxylation sites is 2. The van der Waals surface area contributed by atoms with Crippen molar-refractivity contribution in [1.29, 1.82) is 0 Å². The fourth-order valence-electron chi connectivity index (χ4n) is 3.51. The Morgan fingerprint density at radius 3 is 2.68 bits per heavy atom. The van der Waals surface area contributed by atoms with Gasteiger partial charge in [0.25, 0.3) is 11.8 Å². The lowest BCUT2D eigenvalue weighted by Gasteiger charge is -2.30. The van der Waals surface area contributed by atoms with Crippen LogP contribution < -0.4 is 20.7 Å². The minimum Gasteiger partial charge on any atom is -0.482 e. The first-order valence-corrected chi connectivity index (χ1v) is 9.50. The molecule has 0 aromatic heterocycles. The van der Waals surface area contributed by atoms with E-state index in [2.05, 4.69) is 27.9 Å². The number of nitrogens with zero attached hydrogens (tertiary/aromatic N) is 1. The molecule has 146 valence electrons. The number of anilines is 3. The van der Waals surface area contributed by atoms with Gasteiger partial charge in [0.1, 0.15) is 5.75 Å². The highest BCUT2D eigenvalue weighted by Crippen LogP contribution is 2.30. The second-order valence-electron chi connectivity index (χ2n) is 7.27. The highest BCUT2D eigenvalue weighted by Gasteiger charge is 2.20. The first-order chi connectivity index (χ1) is 13.6. The Hall–Kier alpha value is -3.06. The van der Waals surface area contributed by atoms with Crippen molar-refractivity contribution < 1.29 is 14.3 Å². The molecule has 0 spiro atoms.